The number of nitrogens with one attached hydrogen (secondary N) is 1. The monoisotopic (exact) mass is 320 g/mol. The van der Waals surface area contributed by atoms with Crippen LogP contribution in [0, 0.1) is 5.92 Å². The number of hydrogen-bond acceptors (Lipinski definition) is 2. The Bertz CT molecular complexity index is 553. The van der Waals surface area contributed by atoms with Crippen LogP contribution in [-0.4, -0.2) is 23.9 Å². The molecule has 4 heteroatoms. The van der Waals surface area contributed by atoms with Crippen molar-refractivity contribution in [3.8, 4) is 0 Å². The molecule has 0 aromatic heterocycles. The number of amides is 1. The van der Waals surface area contributed by atoms with E-state index in [0.717, 1.165) is 34.4 Å². The fourth-order valence-electron chi connectivity index (χ4n) is 2.81. The Labute approximate surface area is 121 Å². The predicted octanol–water partition coefficient (Wildman–Crippen LogP) is 3.47. The third-order valence-electron chi connectivity index (χ3n) is 3.76. The minimum Gasteiger partial charge on any atom is -0.376 e. The summed E-state index contributed by atoms with van der Waals surface area (Å²) >= 11 is 3.47. The van der Waals surface area contributed by atoms with Gasteiger partial charge in [0.25, 0.3) is 5.91 Å². The van der Waals surface area contributed by atoms with Crippen LogP contribution in [-0.2, 0) is 4.79 Å². The summed E-state index contributed by atoms with van der Waals surface area (Å²) in [7, 11) is 0. The third-order valence-corrected chi connectivity index (χ3v) is 4.26. The van der Waals surface area contributed by atoms with Crippen molar-refractivity contribution in [2.75, 3.05) is 18.4 Å². The molecule has 1 N–H and O–H groups in total. The molecule has 1 amide bonds. The lowest BCUT2D eigenvalue weighted by molar-refractivity contribution is -0.110. The average Bonchev–Trinajstić information content (AvgIpc) is 2.66. The van der Waals surface area contributed by atoms with Gasteiger partial charge in [0.05, 0.1) is 5.57 Å². The molecular formula is C15H17BrN2O. The van der Waals surface area contributed by atoms with Crippen LogP contribution in [0.25, 0.3) is 5.57 Å². The fraction of sp³-hybridized carbons (Fsp3) is 0.400. The molecule has 100 valence electrons. The number of rotatable bonds is 1. The lowest BCUT2D eigenvalue weighted by atomic mass is 10.00. The topological polar surface area (TPSA) is 32.3 Å². The Morgan fingerprint density at radius 3 is 3.11 bits per heavy atom. The van der Waals surface area contributed by atoms with Gasteiger partial charge in [-0.25, -0.2) is 0 Å². The van der Waals surface area contributed by atoms with Crippen LogP contribution in [0.3, 0.4) is 0 Å². The van der Waals surface area contributed by atoms with Crippen molar-refractivity contribution in [1.29, 1.82) is 0 Å². The van der Waals surface area contributed by atoms with Gasteiger partial charge in [-0.15, -0.1) is 0 Å². The lowest BCUT2D eigenvalue weighted by Crippen LogP contribution is -2.30. The van der Waals surface area contributed by atoms with Crippen LogP contribution in [0.15, 0.2) is 28.9 Å². The minimum atomic E-state index is 0.00586. The van der Waals surface area contributed by atoms with Crippen molar-refractivity contribution in [3.63, 3.8) is 0 Å². The highest BCUT2D eigenvalue weighted by molar-refractivity contribution is 9.10. The summed E-state index contributed by atoms with van der Waals surface area (Å²) < 4.78 is 1.00. The van der Waals surface area contributed by atoms with Gasteiger partial charge in [0.1, 0.15) is 0 Å². The molecular weight excluding hydrogens is 304 g/mol. The summed E-state index contributed by atoms with van der Waals surface area (Å²) in [5.41, 5.74) is 2.69. The molecule has 1 aromatic rings. The van der Waals surface area contributed by atoms with E-state index in [9.17, 15) is 4.79 Å². The summed E-state index contributed by atoms with van der Waals surface area (Å²) in [5, 5.41) is 2.92. The molecule has 1 unspecified atom stereocenters. The second-order valence-corrected chi connectivity index (χ2v) is 6.34. The van der Waals surface area contributed by atoms with E-state index in [1.165, 1.54) is 12.8 Å². The van der Waals surface area contributed by atoms with Gasteiger partial charge < -0.3 is 10.2 Å². The average molecular weight is 321 g/mol. The van der Waals surface area contributed by atoms with Crippen LogP contribution in [0.1, 0.15) is 25.3 Å². The van der Waals surface area contributed by atoms with Crippen molar-refractivity contribution in [1.82, 2.24) is 4.90 Å². The zero-order chi connectivity index (χ0) is 13.4. The van der Waals surface area contributed by atoms with E-state index in [-0.39, 0.29) is 5.91 Å². The lowest BCUT2D eigenvalue weighted by Gasteiger charge is -2.30. The maximum absolute atomic E-state index is 12.1. The van der Waals surface area contributed by atoms with E-state index in [4.69, 9.17) is 0 Å². The Kier molecular flexibility index (Phi) is 3.35. The number of benzene rings is 1. The van der Waals surface area contributed by atoms with E-state index in [0.29, 0.717) is 5.92 Å². The molecule has 1 atom stereocenters. The highest BCUT2D eigenvalue weighted by Gasteiger charge is 2.25. The molecule has 1 aromatic carbocycles. The van der Waals surface area contributed by atoms with Crippen LogP contribution in [0.5, 0.6) is 0 Å². The first-order valence-corrected chi connectivity index (χ1v) is 7.50. The van der Waals surface area contributed by atoms with Crippen LogP contribution in [0.2, 0.25) is 0 Å². The zero-order valence-corrected chi connectivity index (χ0v) is 12.5. The standard InChI is InChI=1S/C15H17BrN2O/c1-10-3-2-6-18(8-10)9-13-12-7-11(16)4-5-14(12)17-15(13)19/h4-5,7,9-10H,2-3,6,8H2,1H3,(H,17,19)/b13-9+. The number of piperidine rings is 1. The van der Waals surface area contributed by atoms with E-state index in [1.54, 1.807) is 0 Å². The van der Waals surface area contributed by atoms with Crippen LogP contribution in [0.4, 0.5) is 5.69 Å². The second-order valence-electron chi connectivity index (χ2n) is 5.43. The van der Waals surface area contributed by atoms with Gasteiger partial charge >= 0.3 is 0 Å². The molecule has 2 aliphatic heterocycles. The maximum atomic E-state index is 12.1. The van der Waals surface area contributed by atoms with Crippen LogP contribution >= 0.6 is 15.9 Å². The molecule has 1 fully saturated rings. The number of anilines is 1. The quantitative estimate of drug-likeness (QED) is 0.803. The molecule has 3 rings (SSSR count). The number of fused-ring (bicyclic) bond motifs is 1. The maximum Gasteiger partial charge on any atom is 0.257 e. The van der Waals surface area contributed by atoms with E-state index in [1.807, 2.05) is 24.4 Å². The molecule has 0 saturated carbocycles. The largest absolute Gasteiger partial charge is 0.376 e. The van der Waals surface area contributed by atoms with Gasteiger partial charge in [-0.3, -0.25) is 4.79 Å². The molecule has 0 aliphatic carbocycles. The summed E-state index contributed by atoms with van der Waals surface area (Å²) in [6.07, 6.45) is 4.52. The third kappa shape index (κ3) is 2.54. The van der Waals surface area contributed by atoms with E-state index >= 15 is 0 Å². The first kappa shape index (κ1) is 12.7. The first-order chi connectivity index (χ1) is 9.13. The van der Waals surface area contributed by atoms with Crippen LogP contribution < -0.4 is 5.32 Å². The summed E-state index contributed by atoms with van der Waals surface area (Å²) in [6, 6.07) is 5.90. The highest BCUT2D eigenvalue weighted by Crippen LogP contribution is 2.34. The predicted molar refractivity (Wildman–Crippen MR) is 80.7 cm³/mol. The van der Waals surface area contributed by atoms with E-state index in [2.05, 4.69) is 33.1 Å². The Balaban J connectivity index is 1.92. The summed E-state index contributed by atoms with van der Waals surface area (Å²) in [4.78, 5) is 14.4. The van der Waals surface area contributed by atoms with Crippen molar-refractivity contribution < 1.29 is 4.79 Å². The van der Waals surface area contributed by atoms with Crippen molar-refractivity contribution in [2.45, 2.75) is 19.8 Å². The number of hydrogen-bond donors (Lipinski definition) is 1. The second kappa shape index (κ2) is 5.00. The van der Waals surface area contributed by atoms with Gasteiger partial charge in [0.15, 0.2) is 0 Å². The summed E-state index contributed by atoms with van der Waals surface area (Å²) in [5.74, 6) is 0.711. The highest BCUT2D eigenvalue weighted by atomic mass is 79.9. The molecule has 0 bridgehead atoms. The zero-order valence-electron chi connectivity index (χ0n) is 10.9. The van der Waals surface area contributed by atoms with Gasteiger partial charge in [0, 0.05) is 35.0 Å². The SMILES string of the molecule is CC1CCCN(/C=C2/C(=O)Nc3ccc(Br)cc32)C1. The molecule has 0 radical (unpaired) electrons. The number of likely N-dealkylation sites (tertiary alicyclic amines) is 1. The molecule has 19 heavy (non-hydrogen) atoms. The normalized spacial score (nSPS) is 24.5. The molecule has 2 heterocycles. The first-order valence-electron chi connectivity index (χ1n) is 6.70. The van der Waals surface area contributed by atoms with Crippen molar-refractivity contribution >= 4 is 33.1 Å². The van der Waals surface area contributed by atoms with Crippen molar-refractivity contribution in [2.24, 2.45) is 5.92 Å². The molecule has 1 saturated heterocycles. The van der Waals surface area contributed by atoms with Gasteiger partial charge in [-0.2, -0.15) is 0 Å². The van der Waals surface area contributed by atoms with Gasteiger partial charge in [-0.1, -0.05) is 22.9 Å². The van der Waals surface area contributed by atoms with Gasteiger partial charge in [-0.05, 0) is 37.0 Å². The number of carbonyl (C=O) groups is 1. The van der Waals surface area contributed by atoms with Gasteiger partial charge in [0.2, 0.25) is 0 Å². The smallest absolute Gasteiger partial charge is 0.257 e. The van der Waals surface area contributed by atoms with E-state index < -0.39 is 0 Å². The number of carbonyl (C=O) groups excluding carboxylic acids is 1. The Morgan fingerprint density at radius 2 is 2.32 bits per heavy atom. The minimum absolute atomic E-state index is 0.00586. The summed E-state index contributed by atoms with van der Waals surface area (Å²) in [6.45, 7) is 4.36. The number of halogens is 1. The molecule has 3 nitrogen and oxygen atoms in total. The number of nitrogens with zero attached hydrogens (tertiary/aromatic N) is 1. The van der Waals surface area contributed by atoms with Crippen molar-refractivity contribution in [3.05, 3.63) is 34.4 Å². The Hall–Kier alpha value is -1.29. The Morgan fingerprint density at radius 1 is 1.47 bits per heavy atom. The molecule has 0 spiro atoms. The molecule has 2 aliphatic rings. The fourth-order valence-corrected chi connectivity index (χ4v) is 3.18.